The summed E-state index contributed by atoms with van der Waals surface area (Å²) in [4.78, 5) is 60.6. The molecule has 0 aliphatic carbocycles. The van der Waals surface area contributed by atoms with Crippen LogP contribution in [0.2, 0.25) is 0 Å². The van der Waals surface area contributed by atoms with Crippen LogP contribution in [-0.4, -0.2) is 69.1 Å². The minimum atomic E-state index is -1.52. The first kappa shape index (κ1) is 28.4. The molecule has 0 radical (unpaired) electrons. The number of rotatable bonds is 13. The first-order valence-electron chi connectivity index (χ1n) is 10.7. The molecule has 3 amide bonds. The van der Waals surface area contributed by atoms with Crippen molar-refractivity contribution in [2.45, 2.75) is 64.2 Å². The van der Waals surface area contributed by atoms with Gasteiger partial charge in [-0.2, -0.15) is 0 Å². The van der Waals surface area contributed by atoms with Crippen molar-refractivity contribution >= 4 is 29.7 Å². The number of benzene rings is 1. The van der Waals surface area contributed by atoms with Gasteiger partial charge in [0.1, 0.15) is 23.9 Å². The Labute approximate surface area is 196 Å². The van der Waals surface area contributed by atoms with Gasteiger partial charge in [-0.15, -0.1) is 0 Å². The highest BCUT2D eigenvalue weighted by atomic mass is 16.4. The third-order valence-corrected chi connectivity index (χ3v) is 5.21. The lowest BCUT2D eigenvalue weighted by Gasteiger charge is -2.26. The van der Waals surface area contributed by atoms with Crippen LogP contribution >= 0.6 is 0 Å². The Kier molecular flexibility index (Phi) is 11.0. The summed E-state index contributed by atoms with van der Waals surface area (Å²) < 4.78 is 0. The first-order chi connectivity index (χ1) is 15.8. The summed E-state index contributed by atoms with van der Waals surface area (Å²) in [5.74, 6) is -5.55. The van der Waals surface area contributed by atoms with Crippen LogP contribution < -0.4 is 21.7 Å². The van der Waals surface area contributed by atoms with Gasteiger partial charge in [0, 0.05) is 6.42 Å². The maximum Gasteiger partial charge on any atom is 0.326 e. The fourth-order valence-electron chi connectivity index (χ4n) is 2.97. The average Bonchev–Trinajstić information content (AvgIpc) is 2.76. The number of amides is 3. The smallest absolute Gasteiger partial charge is 0.326 e. The van der Waals surface area contributed by atoms with Gasteiger partial charge < -0.3 is 37.0 Å². The van der Waals surface area contributed by atoms with Gasteiger partial charge >= 0.3 is 11.9 Å². The molecule has 8 N–H and O–H groups in total. The summed E-state index contributed by atoms with van der Waals surface area (Å²) in [6.07, 6.45) is -0.385. The summed E-state index contributed by atoms with van der Waals surface area (Å²) in [6, 6.07) is 0.733. The SMILES string of the molecule is CCC(C)C(NC(=O)C(Cc1ccc(O)cc1)NC(=O)C(CC(=O)O)NC(=O)C(C)N)C(=O)O. The normalized spacial score (nSPS) is 15.2. The second kappa shape index (κ2) is 13.1. The summed E-state index contributed by atoms with van der Waals surface area (Å²) in [7, 11) is 0. The molecule has 0 saturated carbocycles. The maximum atomic E-state index is 13.0. The van der Waals surface area contributed by atoms with Gasteiger partial charge in [0.15, 0.2) is 0 Å². The lowest BCUT2D eigenvalue weighted by atomic mass is 9.98. The molecule has 12 nitrogen and oxygen atoms in total. The van der Waals surface area contributed by atoms with E-state index in [9.17, 15) is 34.2 Å². The van der Waals surface area contributed by atoms with Crippen LogP contribution in [-0.2, 0) is 30.4 Å². The molecule has 0 aliphatic rings. The van der Waals surface area contributed by atoms with Crippen molar-refractivity contribution in [2.75, 3.05) is 0 Å². The molecule has 0 aliphatic heterocycles. The third-order valence-electron chi connectivity index (χ3n) is 5.21. The Bertz CT molecular complexity index is 887. The quantitative estimate of drug-likeness (QED) is 0.191. The molecule has 0 bridgehead atoms. The van der Waals surface area contributed by atoms with Gasteiger partial charge in [-0.25, -0.2) is 4.79 Å². The van der Waals surface area contributed by atoms with Crippen LogP contribution in [0.5, 0.6) is 5.75 Å². The van der Waals surface area contributed by atoms with Crippen molar-refractivity contribution < 1.29 is 39.3 Å². The molecule has 5 atom stereocenters. The van der Waals surface area contributed by atoms with E-state index in [4.69, 9.17) is 10.8 Å². The zero-order valence-corrected chi connectivity index (χ0v) is 19.3. The summed E-state index contributed by atoms with van der Waals surface area (Å²) in [6.45, 7) is 4.77. The molecule has 1 aromatic rings. The first-order valence-corrected chi connectivity index (χ1v) is 10.7. The zero-order valence-electron chi connectivity index (χ0n) is 19.3. The largest absolute Gasteiger partial charge is 0.508 e. The monoisotopic (exact) mass is 480 g/mol. The Balaban J connectivity index is 3.18. The van der Waals surface area contributed by atoms with E-state index >= 15 is 0 Å². The van der Waals surface area contributed by atoms with Gasteiger partial charge in [-0.1, -0.05) is 32.4 Å². The average molecular weight is 481 g/mol. The number of nitrogens with two attached hydrogens (primary N) is 1. The van der Waals surface area contributed by atoms with Crippen molar-refractivity contribution in [2.24, 2.45) is 11.7 Å². The van der Waals surface area contributed by atoms with Crippen molar-refractivity contribution in [3.63, 3.8) is 0 Å². The molecule has 1 aromatic carbocycles. The topological polar surface area (TPSA) is 208 Å². The van der Waals surface area contributed by atoms with E-state index in [0.717, 1.165) is 0 Å². The number of hydrogen-bond donors (Lipinski definition) is 7. The summed E-state index contributed by atoms with van der Waals surface area (Å²) in [5, 5.41) is 35.2. The second-order valence-corrected chi connectivity index (χ2v) is 8.09. The Morgan fingerprint density at radius 2 is 1.41 bits per heavy atom. The molecular formula is C22H32N4O8. The van der Waals surface area contributed by atoms with E-state index in [2.05, 4.69) is 16.0 Å². The predicted octanol–water partition coefficient (Wildman–Crippen LogP) is -0.658. The molecule has 5 unspecified atom stereocenters. The number of aromatic hydroxyl groups is 1. The van der Waals surface area contributed by atoms with Gasteiger partial charge in [0.05, 0.1) is 12.5 Å². The van der Waals surface area contributed by atoms with Crippen LogP contribution in [0.15, 0.2) is 24.3 Å². The lowest BCUT2D eigenvalue weighted by molar-refractivity contribution is -0.144. The van der Waals surface area contributed by atoms with E-state index in [-0.39, 0.29) is 12.2 Å². The molecule has 188 valence electrons. The van der Waals surface area contributed by atoms with E-state index in [0.29, 0.717) is 12.0 Å². The Morgan fingerprint density at radius 1 is 0.882 bits per heavy atom. The van der Waals surface area contributed by atoms with E-state index in [1.807, 2.05) is 0 Å². The number of phenols is 1. The standard InChI is InChI=1S/C22H32N4O8/c1-4-11(2)18(22(33)34)26-21(32)15(9-13-5-7-14(27)8-6-13)25-20(31)16(10-17(28)29)24-19(30)12(3)23/h5-8,11-12,15-16,18,27H,4,9-10,23H2,1-3H3,(H,24,30)(H,25,31)(H,26,32)(H,28,29)(H,33,34). The number of hydrogen-bond acceptors (Lipinski definition) is 7. The fraction of sp³-hybridized carbons (Fsp3) is 0.500. The molecule has 1 rings (SSSR count). The van der Waals surface area contributed by atoms with E-state index in [1.165, 1.54) is 31.2 Å². The van der Waals surface area contributed by atoms with Crippen LogP contribution in [0.1, 0.15) is 39.2 Å². The number of phenolic OH excluding ortho intramolecular Hbond substituents is 1. The maximum absolute atomic E-state index is 13.0. The van der Waals surface area contributed by atoms with Gasteiger partial charge in [0.2, 0.25) is 17.7 Å². The number of carboxylic acids is 2. The van der Waals surface area contributed by atoms with Crippen molar-refractivity contribution in [1.29, 1.82) is 0 Å². The highest BCUT2D eigenvalue weighted by Gasteiger charge is 2.32. The molecule has 0 fully saturated rings. The van der Waals surface area contributed by atoms with Crippen molar-refractivity contribution in [3.8, 4) is 5.75 Å². The number of carbonyl (C=O) groups excluding carboxylic acids is 3. The van der Waals surface area contributed by atoms with Crippen molar-refractivity contribution in [1.82, 2.24) is 16.0 Å². The molecule has 12 heteroatoms. The van der Waals surface area contributed by atoms with Crippen LogP contribution in [0.3, 0.4) is 0 Å². The number of carbonyl (C=O) groups is 5. The van der Waals surface area contributed by atoms with E-state index in [1.54, 1.807) is 13.8 Å². The predicted molar refractivity (Wildman–Crippen MR) is 121 cm³/mol. The minimum absolute atomic E-state index is 0.0170. The molecule has 0 spiro atoms. The van der Waals surface area contributed by atoms with Crippen LogP contribution in [0, 0.1) is 5.92 Å². The van der Waals surface area contributed by atoms with E-state index < -0.39 is 66.2 Å². The Hall–Kier alpha value is -3.67. The van der Waals surface area contributed by atoms with Gasteiger partial charge in [-0.05, 0) is 30.5 Å². The second-order valence-electron chi connectivity index (χ2n) is 8.09. The summed E-state index contributed by atoms with van der Waals surface area (Å²) >= 11 is 0. The van der Waals surface area contributed by atoms with Crippen LogP contribution in [0.4, 0.5) is 0 Å². The minimum Gasteiger partial charge on any atom is -0.508 e. The number of aliphatic carboxylic acids is 2. The zero-order chi connectivity index (χ0) is 26.0. The molecule has 0 saturated heterocycles. The number of carboxylic acid groups (broad SMARTS) is 2. The Morgan fingerprint density at radius 3 is 1.88 bits per heavy atom. The lowest BCUT2D eigenvalue weighted by Crippen LogP contribution is -2.58. The molecule has 34 heavy (non-hydrogen) atoms. The van der Waals surface area contributed by atoms with Gasteiger partial charge in [-0.3, -0.25) is 19.2 Å². The van der Waals surface area contributed by atoms with Gasteiger partial charge in [0.25, 0.3) is 0 Å². The summed E-state index contributed by atoms with van der Waals surface area (Å²) in [5.41, 5.74) is 6.00. The highest BCUT2D eigenvalue weighted by Crippen LogP contribution is 2.13. The fourth-order valence-corrected chi connectivity index (χ4v) is 2.97. The highest BCUT2D eigenvalue weighted by molar-refractivity contribution is 5.95. The third kappa shape index (κ3) is 9.06. The molecule has 0 aromatic heterocycles. The van der Waals surface area contributed by atoms with Crippen molar-refractivity contribution in [3.05, 3.63) is 29.8 Å². The number of nitrogens with one attached hydrogen (secondary N) is 3. The molecule has 0 heterocycles. The molecular weight excluding hydrogens is 448 g/mol. The van der Waals surface area contributed by atoms with Crippen LogP contribution in [0.25, 0.3) is 0 Å².